The Bertz CT molecular complexity index is 1030. The fourth-order valence-electron chi connectivity index (χ4n) is 3.41. The Balaban J connectivity index is 1.29. The summed E-state index contributed by atoms with van der Waals surface area (Å²) in [6.07, 6.45) is 1.44. The average Bonchev–Trinajstić information content (AvgIpc) is 3.19. The van der Waals surface area contributed by atoms with Crippen LogP contribution in [0.25, 0.3) is 11.4 Å². The molecule has 1 aromatic heterocycles. The molecule has 2 heterocycles. The zero-order valence-corrected chi connectivity index (χ0v) is 17.5. The number of nitrogens with zero attached hydrogens (tertiary/aromatic N) is 3. The second-order valence-corrected chi connectivity index (χ2v) is 8.03. The van der Waals surface area contributed by atoms with Gasteiger partial charge >= 0.3 is 0 Å². The third-order valence-electron chi connectivity index (χ3n) is 5.08. The standard InChI is InChI=1S/C21H19Cl2FN4O2/c22-15-3-6-18(17(23)11-15)25-21(29)14-7-9-28(10-8-14)12-19-26-20(27-30-19)13-1-4-16(24)5-2-13/h1-6,11,14H,7-10,12H2,(H,25,29). The second kappa shape index (κ2) is 9.12. The van der Waals surface area contributed by atoms with Crippen molar-refractivity contribution >= 4 is 34.8 Å². The SMILES string of the molecule is O=C(Nc1ccc(Cl)cc1Cl)C1CCN(Cc2nc(-c3ccc(F)cc3)no2)CC1. The molecule has 0 spiro atoms. The van der Waals surface area contributed by atoms with Crippen molar-refractivity contribution in [3.05, 3.63) is 64.2 Å². The monoisotopic (exact) mass is 448 g/mol. The predicted molar refractivity (Wildman–Crippen MR) is 113 cm³/mol. The molecule has 1 N–H and O–H groups in total. The number of nitrogens with one attached hydrogen (secondary N) is 1. The van der Waals surface area contributed by atoms with Crippen LogP contribution in [0.1, 0.15) is 18.7 Å². The number of carbonyl (C=O) groups excluding carboxylic acids is 1. The maximum atomic E-state index is 13.1. The van der Waals surface area contributed by atoms with Gasteiger partial charge in [0.2, 0.25) is 17.6 Å². The molecule has 6 nitrogen and oxygen atoms in total. The third kappa shape index (κ3) is 4.98. The Kier molecular flexibility index (Phi) is 6.32. The molecule has 1 amide bonds. The highest BCUT2D eigenvalue weighted by Crippen LogP contribution is 2.27. The maximum Gasteiger partial charge on any atom is 0.241 e. The lowest BCUT2D eigenvalue weighted by Crippen LogP contribution is -2.37. The number of likely N-dealkylation sites (tertiary alicyclic amines) is 1. The van der Waals surface area contributed by atoms with Gasteiger partial charge in [0.05, 0.1) is 17.3 Å². The van der Waals surface area contributed by atoms with Crippen molar-refractivity contribution in [3.8, 4) is 11.4 Å². The maximum absolute atomic E-state index is 13.1. The minimum Gasteiger partial charge on any atom is -0.338 e. The number of hydrogen-bond acceptors (Lipinski definition) is 5. The number of halogens is 3. The van der Waals surface area contributed by atoms with Crippen LogP contribution in [0.2, 0.25) is 10.0 Å². The van der Waals surface area contributed by atoms with Gasteiger partial charge in [0.1, 0.15) is 5.82 Å². The molecule has 3 aromatic rings. The molecular formula is C21H19Cl2FN4O2. The second-order valence-electron chi connectivity index (χ2n) is 7.18. The normalized spacial score (nSPS) is 15.3. The van der Waals surface area contributed by atoms with E-state index in [0.717, 1.165) is 25.9 Å². The molecule has 2 aromatic carbocycles. The molecule has 30 heavy (non-hydrogen) atoms. The molecule has 156 valence electrons. The summed E-state index contributed by atoms with van der Waals surface area (Å²) < 4.78 is 18.4. The van der Waals surface area contributed by atoms with Crippen molar-refractivity contribution in [1.82, 2.24) is 15.0 Å². The lowest BCUT2D eigenvalue weighted by molar-refractivity contribution is -0.121. The van der Waals surface area contributed by atoms with Crippen molar-refractivity contribution < 1.29 is 13.7 Å². The number of aromatic nitrogens is 2. The molecule has 0 saturated carbocycles. The molecule has 1 aliphatic rings. The topological polar surface area (TPSA) is 71.3 Å². The first kappa shape index (κ1) is 20.8. The highest BCUT2D eigenvalue weighted by molar-refractivity contribution is 6.36. The van der Waals surface area contributed by atoms with Crippen LogP contribution in [-0.4, -0.2) is 34.0 Å². The van der Waals surface area contributed by atoms with Crippen LogP contribution in [0.4, 0.5) is 10.1 Å². The number of rotatable bonds is 5. The van der Waals surface area contributed by atoms with E-state index in [1.165, 1.54) is 12.1 Å². The highest BCUT2D eigenvalue weighted by Gasteiger charge is 2.26. The fourth-order valence-corrected chi connectivity index (χ4v) is 3.86. The largest absolute Gasteiger partial charge is 0.338 e. The van der Waals surface area contributed by atoms with Crippen LogP contribution in [0.15, 0.2) is 47.0 Å². The average molecular weight is 449 g/mol. The molecule has 0 unspecified atom stereocenters. The molecule has 0 atom stereocenters. The van der Waals surface area contributed by atoms with Gasteiger partial charge in [0, 0.05) is 16.5 Å². The van der Waals surface area contributed by atoms with E-state index in [0.29, 0.717) is 39.6 Å². The van der Waals surface area contributed by atoms with E-state index in [2.05, 4.69) is 20.4 Å². The minimum atomic E-state index is -0.312. The van der Waals surface area contributed by atoms with E-state index < -0.39 is 0 Å². The highest BCUT2D eigenvalue weighted by atomic mass is 35.5. The van der Waals surface area contributed by atoms with Crippen LogP contribution in [-0.2, 0) is 11.3 Å². The van der Waals surface area contributed by atoms with E-state index in [1.807, 2.05) is 0 Å². The van der Waals surface area contributed by atoms with Crippen LogP contribution in [0.5, 0.6) is 0 Å². The Morgan fingerprint density at radius 3 is 2.60 bits per heavy atom. The van der Waals surface area contributed by atoms with Crippen molar-refractivity contribution in [3.63, 3.8) is 0 Å². The van der Waals surface area contributed by atoms with Crippen LogP contribution in [0.3, 0.4) is 0 Å². The summed E-state index contributed by atoms with van der Waals surface area (Å²) in [5.41, 5.74) is 1.26. The van der Waals surface area contributed by atoms with Gasteiger partial charge in [-0.15, -0.1) is 0 Å². The van der Waals surface area contributed by atoms with Crippen LogP contribution < -0.4 is 5.32 Å². The van der Waals surface area contributed by atoms with Crippen molar-refractivity contribution in [2.45, 2.75) is 19.4 Å². The predicted octanol–water partition coefficient (Wildman–Crippen LogP) is 5.03. The zero-order chi connectivity index (χ0) is 21.1. The van der Waals surface area contributed by atoms with Gasteiger partial charge in [-0.1, -0.05) is 28.4 Å². The lowest BCUT2D eigenvalue weighted by atomic mass is 9.96. The smallest absolute Gasteiger partial charge is 0.241 e. The Morgan fingerprint density at radius 1 is 1.17 bits per heavy atom. The summed E-state index contributed by atoms with van der Waals surface area (Å²) in [5.74, 6) is 0.470. The molecule has 9 heteroatoms. The minimum absolute atomic E-state index is 0.0461. The number of carbonyl (C=O) groups is 1. The Labute approximate surface area is 183 Å². The zero-order valence-electron chi connectivity index (χ0n) is 15.9. The van der Waals surface area contributed by atoms with Gasteiger partial charge in [-0.25, -0.2) is 4.39 Å². The molecule has 1 saturated heterocycles. The van der Waals surface area contributed by atoms with Gasteiger partial charge in [-0.3, -0.25) is 9.69 Å². The van der Waals surface area contributed by atoms with Gasteiger partial charge in [-0.2, -0.15) is 4.98 Å². The van der Waals surface area contributed by atoms with Crippen LogP contribution >= 0.6 is 23.2 Å². The quantitative estimate of drug-likeness (QED) is 0.592. The van der Waals surface area contributed by atoms with Gasteiger partial charge in [-0.05, 0) is 68.4 Å². The summed E-state index contributed by atoms with van der Waals surface area (Å²) in [5, 5.41) is 7.79. The van der Waals surface area contributed by atoms with Crippen molar-refractivity contribution in [2.24, 2.45) is 5.92 Å². The summed E-state index contributed by atoms with van der Waals surface area (Å²) in [6.45, 7) is 1.98. The van der Waals surface area contributed by atoms with E-state index in [9.17, 15) is 9.18 Å². The molecule has 0 aliphatic carbocycles. The van der Waals surface area contributed by atoms with Crippen molar-refractivity contribution in [1.29, 1.82) is 0 Å². The molecule has 1 aliphatic heterocycles. The lowest BCUT2D eigenvalue weighted by Gasteiger charge is -2.30. The third-order valence-corrected chi connectivity index (χ3v) is 5.62. The van der Waals surface area contributed by atoms with Crippen LogP contribution in [0, 0.1) is 11.7 Å². The van der Waals surface area contributed by atoms with E-state index in [4.69, 9.17) is 27.7 Å². The van der Waals surface area contributed by atoms with E-state index in [-0.39, 0.29) is 17.6 Å². The molecule has 0 bridgehead atoms. The molecule has 4 rings (SSSR count). The van der Waals surface area contributed by atoms with Gasteiger partial charge < -0.3 is 9.84 Å². The molecule has 1 fully saturated rings. The summed E-state index contributed by atoms with van der Waals surface area (Å²) >= 11 is 12.0. The number of anilines is 1. The van der Waals surface area contributed by atoms with Crippen molar-refractivity contribution in [2.75, 3.05) is 18.4 Å². The molecule has 0 radical (unpaired) electrons. The number of hydrogen-bond donors (Lipinski definition) is 1. The van der Waals surface area contributed by atoms with E-state index >= 15 is 0 Å². The number of benzene rings is 2. The first-order chi connectivity index (χ1) is 14.5. The summed E-state index contributed by atoms with van der Waals surface area (Å²) in [7, 11) is 0. The van der Waals surface area contributed by atoms with Gasteiger partial charge in [0.25, 0.3) is 0 Å². The van der Waals surface area contributed by atoms with E-state index in [1.54, 1.807) is 30.3 Å². The Morgan fingerprint density at radius 2 is 1.90 bits per heavy atom. The first-order valence-electron chi connectivity index (χ1n) is 9.55. The van der Waals surface area contributed by atoms with Gasteiger partial charge in [0.15, 0.2) is 0 Å². The first-order valence-corrected chi connectivity index (χ1v) is 10.3. The number of piperidine rings is 1. The summed E-state index contributed by atoms with van der Waals surface area (Å²) in [6, 6.07) is 10.9. The fraction of sp³-hybridized carbons (Fsp3) is 0.286. The summed E-state index contributed by atoms with van der Waals surface area (Å²) in [4.78, 5) is 19.1. The molecular weight excluding hydrogens is 430 g/mol. The Hall–Kier alpha value is -2.48. The number of amides is 1.